The molecule has 2 N–H and O–H groups in total. The molecule has 0 heterocycles. The van der Waals surface area contributed by atoms with Gasteiger partial charge in [-0.2, -0.15) is 8.78 Å². The van der Waals surface area contributed by atoms with Gasteiger partial charge in [-0.05, 0) is 37.5 Å². The maximum absolute atomic E-state index is 13.7. The van der Waals surface area contributed by atoms with Crippen molar-refractivity contribution in [2.45, 2.75) is 30.8 Å². The van der Waals surface area contributed by atoms with Crippen LogP contribution in [-0.4, -0.2) is 22.5 Å². The topological polar surface area (TPSA) is 49.3 Å². The van der Waals surface area contributed by atoms with Crippen molar-refractivity contribution in [3.05, 3.63) is 30.1 Å². The Morgan fingerprint density at radius 1 is 1.39 bits per heavy atom. The van der Waals surface area contributed by atoms with Crippen molar-refractivity contribution in [2.75, 3.05) is 5.32 Å². The average molecular weight is 259 g/mol. The molecular formula is C12H12F3NO2. The van der Waals surface area contributed by atoms with Crippen LogP contribution in [0.15, 0.2) is 24.3 Å². The zero-order chi connectivity index (χ0) is 13.4. The van der Waals surface area contributed by atoms with E-state index in [9.17, 15) is 23.1 Å². The summed E-state index contributed by atoms with van der Waals surface area (Å²) in [6.45, 7) is 0. The van der Waals surface area contributed by atoms with Crippen LogP contribution in [0.5, 0.6) is 0 Å². The molecule has 0 aliphatic heterocycles. The molecule has 6 heteroatoms. The molecule has 98 valence electrons. The van der Waals surface area contributed by atoms with E-state index in [1.807, 2.05) is 5.32 Å². The maximum atomic E-state index is 13.7. The molecule has 1 fully saturated rings. The molecule has 2 rings (SSSR count). The standard InChI is InChI=1S/C12H12F3NO2/c13-8-3-1-4-9(7-8)16-10(17)12(14,15)11(18)5-2-6-11/h1,3-4,7,18H,2,5-6H2,(H,16,17). The lowest BCUT2D eigenvalue weighted by molar-refractivity contribution is -0.212. The number of alkyl halides is 2. The molecule has 0 aromatic heterocycles. The molecule has 1 aromatic rings. The molecule has 18 heavy (non-hydrogen) atoms. The van der Waals surface area contributed by atoms with Crippen LogP contribution in [-0.2, 0) is 4.79 Å². The van der Waals surface area contributed by atoms with Crippen LogP contribution in [0.25, 0.3) is 0 Å². The number of anilines is 1. The summed E-state index contributed by atoms with van der Waals surface area (Å²) in [7, 11) is 0. The molecule has 0 atom stereocenters. The summed E-state index contributed by atoms with van der Waals surface area (Å²) in [5.41, 5.74) is -2.34. The van der Waals surface area contributed by atoms with E-state index < -0.39 is 23.2 Å². The van der Waals surface area contributed by atoms with Gasteiger partial charge < -0.3 is 10.4 Å². The van der Waals surface area contributed by atoms with Crippen LogP contribution in [0.4, 0.5) is 18.9 Å². The summed E-state index contributed by atoms with van der Waals surface area (Å²) in [5.74, 6) is -6.13. The van der Waals surface area contributed by atoms with Crippen molar-refractivity contribution in [3.8, 4) is 0 Å². The number of nitrogens with one attached hydrogen (secondary N) is 1. The third-order valence-electron chi connectivity index (χ3n) is 3.13. The minimum atomic E-state index is -3.88. The van der Waals surface area contributed by atoms with Gasteiger partial charge in [-0.25, -0.2) is 4.39 Å². The van der Waals surface area contributed by atoms with Crippen LogP contribution in [0.3, 0.4) is 0 Å². The third-order valence-corrected chi connectivity index (χ3v) is 3.13. The third kappa shape index (κ3) is 2.08. The number of halogens is 3. The molecular weight excluding hydrogens is 247 g/mol. The maximum Gasteiger partial charge on any atom is 0.352 e. The first-order chi connectivity index (χ1) is 8.35. The van der Waals surface area contributed by atoms with Gasteiger partial charge in [0.25, 0.3) is 5.91 Å². The van der Waals surface area contributed by atoms with Gasteiger partial charge in [0.05, 0.1) is 0 Å². The SMILES string of the molecule is O=C(Nc1cccc(F)c1)C(F)(F)C1(O)CCC1. The van der Waals surface area contributed by atoms with E-state index in [1.54, 1.807) is 0 Å². The predicted octanol–water partition coefficient (Wildman–Crippen LogP) is 2.31. The van der Waals surface area contributed by atoms with Crippen LogP contribution in [0.2, 0.25) is 0 Å². The first kappa shape index (κ1) is 12.9. The number of amides is 1. The summed E-state index contributed by atoms with van der Waals surface area (Å²) >= 11 is 0. The van der Waals surface area contributed by atoms with E-state index in [0.717, 1.165) is 12.1 Å². The molecule has 0 spiro atoms. The lowest BCUT2D eigenvalue weighted by atomic mass is 9.75. The van der Waals surface area contributed by atoms with Crippen LogP contribution in [0, 0.1) is 5.82 Å². The molecule has 0 radical (unpaired) electrons. The van der Waals surface area contributed by atoms with E-state index in [4.69, 9.17) is 0 Å². The Labute approximate surface area is 102 Å². The van der Waals surface area contributed by atoms with Gasteiger partial charge in [0.1, 0.15) is 11.4 Å². The highest BCUT2D eigenvalue weighted by Crippen LogP contribution is 2.44. The number of carbonyl (C=O) groups excluding carboxylic acids is 1. The normalized spacial score (nSPS) is 18.0. The Balaban J connectivity index is 2.12. The Morgan fingerprint density at radius 2 is 2.06 bits per heavy atom. The highest BCUT2D eigenvalue weighted by Gasteiger charge is 2.61. The molecule has 1 aliphatic rings. The number of carbonyl (C=O) groups is 1. The molecule has 0 bridgehead atoms. The fourth-order valence-corrected chi connectivity index (χ4v) is 1.81. The van der Waals surface area contributed by atoms with E-state index in [0.29, 0.717) is 6.42 Å². The van der Waals surface area contributed by atoms with Crippen LogP contribution in [0.1, 0.15) is 19.3 Å². The highest BCUT2D eigenvalue weighted by molar-refractivity contribution is 5.97. The Morgan fingerprint density at radius 3 is 2.56 bits per heavy atom. The van der Waals surface area contributed by atoms with Gasteiger partial charge >= 0.3 is 5.92 Å². The van der Waals surface area contributed by atoms with E-state index in [1.165, 1.54) is 12.1 Å². The summed E-state index contributed by atoms with van der Waals surface area (Å²) in [6.07, 6.45) is 0.229. The second kappa shape index (κ2) is 4.28. The highest BCUT2D eigenvalue weighted by atomic mass is 19.3. The van der Waals surface area contributed by atoms with E-state index in [-0.39, 0.29) is 18.5 Å². The first-order valence-corrected chi connectivity index (χ1v) is 5.52. The predicted molar refractivity (Wildman–Crippen MR) is 58.8 cm³/mol. The minimum absolute atomic E-state index is 0.0670. The number of hydrogen-bond donors (Lipinski definition) is 2. The fraction of sp³-hybridized carbons (Fsp3) is 0.417. The van der Waals surface area contributed by atoms with Gasteiger partial charge in [-0.1, -0.05) is 6.07 Å². The van der Waals surface area contributed by atoms with Gasteiger partial charge in [-0.3, -0.25) is 4.79 Å². The number of benzene rings is 1. The second-order valence-corrected chi connectivity index (χ2v) is 4.42. The first-order valence-electron chi connectivity index (χ1n) is 5.52. The lowest BCUT2D eigenvalue weighted by Gasteiger charge is -2.41. The minimum Gasteiger partial charge on any atom is -0.383 e. The van der Waals surface area contributed by atoms with Crippen LogP contribution >= 0.6 is 0 Å². The molecule has 1 amide bonds. The fourth-order valence-electron chi connectivity index (χ4n) is 1.81. The zero-order valence-corrected chi connectivity index (χ0v) is 9.42. The largest absolute Gasteiger partial charge is 0.383 e. The Bertz CT molecular complexity index is 472. The molecule has 0 saturated heterocycles. The summed E-state index contributed by atoms with van der Waals surface area (Å²) < 4.78 is 40.2. The van der Waals surface area contributed by atoms with E-state index in [2.05, 4.69) is 0 Å². The van der Waals surface area contributed by atoms with Crippen molar-refractivity contribution in [1.82, 2.24) is 0 Å². The smallest absolute Gasteiger partial charge is 0.352 e. The summed E-state index contributed by atoms with van der Waals surface area (Å²) in [5, 5.41) is 11.5. The molecule has 1 saturated carbocycles. The number of rotatable bonds is 3. The van der Waals surface area contributed by atoms with Crippen LogP contribution < -0.4 is 5.32 Å². The van der Waals surface area contributed by atoms with Gasteiger partial charge in [0.15, 0.2) is 0 Å². The lowest BCUT2D eigenvalue weighted by Crippen LogP contribution is -2.59. The molecule has 1 aliphatic carbocycles. The molecule has 1 aromatic carbocycles. The van der Waals surface area contributed by atoms with Gasteiger partial charge in [-0.15, -0.1) is 0 Å². The summed E-state index contributed by atoms with van der Waals surface area (Å²) in [4.78, 5) is 11.4. The quantitative estimate of drug-likeness (QED) is 0.875. The Hall–Kier alpha value is -1.56. The number of hydrogen-bond acceptors (Lipinski definition) is 2. The van der Waals surface area contributed by atoms with Crippen molar-refractivity contribution in [3.63, 3.8) is 0 Å². The van der Waals surface area contributed by atoms with Gasteiger partial charge in [0, 0.05) is 5.69 Å². The van der Waals surface area contributed by atoms with Crippen molar-refractivity contribution in [2.24, 2.45) is 0 Å². The monoisotopic (exact) mass is 259 g/mol. The molecule has 3 nitrogen and oxygen atoms in total. The van der Waals surface area contributed by atoms with E-state index >= 15 is 0 Å². The number of aliphatic hydroxyl groups is 1. The van der Waals surface area contributed by atoms with Gasteiger partial charge in [0.2, 0.25) is 0 Å². The van der Waals surface area contributed by atoms with Crippen molar-refractivity contribution < 1.29 is 23.1 Å². The van der Waals surface area contributed by atoms with Crippen molar-refractivity contribution >= 4 is 11.6 Å². The second-order valence-electron chi connectivity index (χ2n) is 4.42. The zero-order valence-electron chi connectivity index (χ0n) is 9.42. The summed E-state index contributed by atoms with van der Waals surface area (Å²) in [6, 6.07) is 4.65. The Kier molecular flexibility index (Phi) is 3.06. The average Bonchev–Trinajstić information content (AvgIpc) is 2.25. The molecule has 0 unspecified atom stereocenters. The van der Waals surface area contributed by atoms with Crippen molar-refractivity contribution in [1.29, 1.82) is 0 Å².